The number of likely N-dealkylation sites (tertiary alicyclic amines) is 1. The predicted molar refractivity (Wildman–Crippen MR) is 124 cm³/mol. The van der Waals surface area contributed by atoms with E-state index < -0.39 is 0 Å². The molecule has 0 amide bonds. The number of benzene rings is 1. The second-order valence-corrected chi connectivity index (χ2v) is 7.68. The van der Waals surface area contributed by atoms with Crippen molar-refractivity contribution in [3.8, 4) is 0 Å². The number of halogens is 1. The third-order valence-electron chi connectivity index (χ3n) is 5.98. The highest BCUT2D eigenvalue weighted by molar-refractivity contribution is 14.0. The Labute approximate surface area is 186 Å². The van der Waals surface area contributed by atoms with Gasteiger partial charge in [-0.25, -0.2) is 0 Å². The Balaban J connectivity index is 0.00000280. The molecule has 1 heterocycles. The van der Waals surface area contributed by atoms with E-state index in [4.69, 9.17) is 9.73 Å². The summed E-state index contributed by atoms with van der Waals surface area (Å²) in [4.78, 5) is 19.3. The van der Waals surface area contributed by atoms with E-state index in [1.165, 1.54) is 24.8 Å². The fourth-order valence-corrected chi connectivity index (χ4v) is 4.17. The number of carbonyl (C=O) groups is 1. The van der Waals surface area contributed by atoms with Gasteiger partial charge in [0.1, 0.15) is 0 Å². The number of esters is 1. The number of hydrogen-bond acceptors (Lipinski definition) is 3. The topological polar surface area (TPSA) is 53.9 Å². The zero-order valence-electron chi connectivity index (χ0n) is 17.2. The average Bonchev–Trinajstić information content (AvgIpc) is 2.67. The summed E-state index contributed by atoms with van der Waals surface area (Å²) in [5, 5.41) is 3.45. The van der Waals surface area contributed by atoms with Crippen molar-refractivity contribution in [2.75, 3.05) is 32.8 Å². The van der Waals surface area contributed by atoms with Gasteiger partial charge in [-0.15, -0.1) is 24.0 Å². The lowest BCUT2D eigenvalue weighted by molar-refractivity contribution is -0.149. The highest BCUT2D eigenvalue weighted by atomic mass is 127. The van der Waals surface area contributed by atoms with Gasteiger partial charge in [0.25, 0.3) is 0 Å². The number of aliphatic imine (C=N–C) groups is 1. The normalized spacial score (nSPS) is 19.4. The monoisotopic (exact) mass is 499 g/mol. The molecule has 0 bridgehead atoms. The van der Waals surface area contributed by atoms with Crippen molar-refractivity contribution in [3.63, 3.8) is 0 Å². The second kappa shape index (κ2) is 11.0. The molecule has 1 saturated carbocycles. The summed E-state index contributed by atoms with van der Waals surface area (Å²) in [6.07, 6.45) is 5.39. The van der Waals surface area contributed by atoms with Crippen LogP contribution in [-0.4, -0.2) is 49.6 Å². The number of ether oxygens (including phenoxy) is 1. The minimum atomic E-state index is -0.0448. The van der Waals surface area contributed by atoms with E-state index in [9.17, 15) is 4.79 Å². The average molecular weight is 499 g/mol. The van der Waals surface area contributed by atoms with E-state index in [0.717, 1.165) is 45.0 Å². The van der Waals surface area contributed by atoms with Crippen LogP contribution in [-0.2, 0) is 14.9 Å². The summed E-state index contributed by atoms with van der Waals surface area (Å²) < 4.78 is 5.18. The lowest BCUT2D eigenvalue weighted by Gasteiger charge is -2.42. The molecule has 1 aliphatic heterocycles. The molecule has 1 saturated heterocycles. The summed E-state index contributed by atoms with van der Waals surface area (Å²) in [7, 11) is 0. The molecule has 0 radical (unpaired) electrons. The summed E-state index contributed by atoms with van der Waals surface area (Å²) in [5.41, 5.74) is 1.61. The van der Waals surface area contributed by atoms with Gasteiger partial charge in [-0.3, -0.25) is 9.79 Å². The van der Waals surface area contributed by atoms with Gasteiger partial charge in [0, 0.05) is 25.0 Å². The zero-order valence-corrected chi connectivity index (χ0v) is 19.5. The first-order chi connectivity index (χ1) is 13.2. The molecule has 1 N–H and O–H groups in total. The van der Waals surface area contributed by atoms with Crippen LogP contribution in [0.4, 0.5) is 0 Å². The van der Waals surface area contributed by atoms with E-state index >= 15 is 0 Å². The predicted octanol–water partition coefficient (Wildman–Crippen LogP) is 3.97. The maximum absolute atomic E-state index is 12.0. The van der Waals surface area contributed by atoms with Crippen LogP contribution in [0.1, 0.15) is 51.5 Å². The molecule has 0 unspecified atom stereocenters. The SMILES string of the molecule is CCNC(=NCC1(c2ccccc2)CCC1)N1CCC(C(=O)OCC)CC1.I. The van der Waals surface area contributed by atoms with Crippen molar-refractivity contribution in [3.05, 3.63) is 35.9 Å². The van der Waals surface area contributed by atoms with Crippen LogP contribution < -0.4 is 5.32 Å². The Morgan fingerprint density at radius 1 is 1.21 bits per heavy atom. The van der Waals surface area contributed by atoms with Gasteiger partial charge in [-0.1, -0.05) is 36.8 Å². The summed E-state index contributed by atoms with van der Waals surface area (Å²) in [6.45, 7) is 7.83. The third kappa shape index (κ3) is 5.39. The molecule has 0 aromatic heterocycles. The quantitative estimate of drug-likeness (QED) is 0.279. The minimum Gasteiger partial charge on any atom is -0.466 e. The van der Waals surface area contributed by atoms with Crippen molar-refractivity contribution >= 4 is 35.9 Å². The van der Waals surface area contributed by atoms with Gasteiger partial charge >= 0.3 is 5.97 Å². The summed E-state index contributed by atoms with van der Waals surface area (Å²) in [6, 6.07) is 10.8. The highest BCUT2D eigenvalue weighted by Crippen LogP contribution is 2.43. The molecule has 156 valence electrons. The van der Waals surface area contributed by atoms with Crippen LogP contribution in [0.3, 0.4) is 0 Å². The summed E-state index contributed by atoms with van der Waals surface area (Å²) in [5.74, 6) is 0.977. The van der Waals surface area contributed by atoms with Crippen molar-refractivity contribution in [2.24, 2.45) is 10.9 Å². The molecule has 28 heavy (non-hydrogen) atoms. The lowest BCUT2D eigenvalue weighted by Crippen LogP contribution is -2.47. The molecule has 2 aliphatic rings. The number of nitrogens with zero attached hydrogens (tertiary/aromatic N) is 2. The van der Waals surface area contributed by atoms with E-state index in [1.807, 2.05) is 6.92 Å². The minimum absolute atomic E-state index is 0. The maximum atomic E-state index is 12.0. The molecular weight excluding hydrogens is 465 g/mol. The summed E-state index contributed by atoms with van der Waals surface area (Å²) >= 11 is 0. The van der Waals surface area contributed by atoms with Crippen molar-refractivity contribution in [1.82, 2.24) is 10.2 Å². The van der Waals surface area contributed by atoms with Crippen molar-refractivity contribution in [2.45, 2.75) is 51.4 Å². The molecule has 1 aromatic rings. The van der Waals surface area contributed by atoms with E-state index in [2.05, 4.69) is 47.5 Å². The molecule has 1 aromatic carbocycles. The van der Waals surface area contributed by atoms with Crippen LogP contribution in [0, 0.1) is 5.92 Å². The van der Waals surface area contributed by atoms with Gasteiger partial charge in [-0.05, 0) is 45.1 Å². The first-order valence-corrected chi connectivity index (χ1v) is 10.4. The molecule has 5 nitrogen and oxygen atoms in total. The fourth-order valence-electron chi connectivity index (χ4n) is 4.17. The number of guanidine groups is 1. The lowest BCUT2D eigenvalue weighted by atomic mass is 9.64. The Hall–Kier alpha value is -1.31. The first-order valence-electron chi connectivity index (χ1n) is 10.4. The molecule has 2 fully saturated rings. The van der Waals surface area contributed by atoms with Crippen LogP contribution >= 0.6 is 24.0 Å². The standard InChI is InChI=1S/C22H33N3O2.HI/c1-3-23-21(25-15-11-18(12-16-25)20(26)27-4-2)24-17-22(13-8-14-22)19-9-6-5-7-10-19;/h5-7,9-10,18H,3-4,8,11-17H2,1-2H3,(H,23,24);1H. The van der Waals surface area contributed by atoms with Gasteiger partial charge in [-0.2, -0.15) is 0 Å². The van der Waals surface area contributed by atoms with E-state index in [-0.39, 0.29) is 41.3 Å². The number of carbonyl (C=O) groups excluding carboxylic acids is 1. The molecule has 0 atom stereocenters. The zero-order chi connectivity index (χ0) is 19.1. The van der Waals surface area contributed by atoms with E-state index in [1.54, 1.807) is 0 Å². The number of piperidine rings is 1. The van der Waals surface area contributed by atoms with Crippen LogP contribution in [0.15, 0.2) is 35.3 Å². The van der Waals surface area contributed by atoms with Crippen LogP contribution in [0.5, 0.6) is 0 Å². The molecule has 6 heteroatoms. The number of nitrogens with one attached hydrogen (secondary N) is 1. The highest BCUT2D eigenvalue weighted by Gasteiger charge is 2.38. The van der Waals surface area contributed by atoms with Gasteiger partial charge in [0.2, 0.25) is 0 Å². The Kier molecular flexibility index (Phi) is 9.05. The second-order valence-electron chi connectivity index (χ2n) is 7.68. The van der Waals surface area contributed by atoms with Gasteiger partial charge in [0.15, 0.2) is 5.96 Å². The third-order valence-corrected chi connectivity index (χ3v) is 5.98. The molecule has 0 spiro atoms. The van der Waals surface area contributed by atoms with Crippen LogP contribution in [0.2, 0.25) is 0 Å². The number of hydrogen-bond donors (Lipinski definition) is 1. The van der Waals surface area contributed by atoms with Gasteiger partial charge in [0.05, 0.1) is 19.1 Å². The Bertz CT molecular complexity index is 638. The molecular formula is C22H34IN3O2. The Morgan fingerprint density at radius 2 is 1.89 bits per heavy atom. The smallest absolute Gasteiger partial charge is 0.309 e. The van der Waals surface area contributed by atoms with E-state index in [0.29, 0.717) is 6.61 Å². The van der Waals surface area contributed by atoms with Gasteiger partial charge < -0.3 is 15.0 Å². The maximum Gasteiger partial charge on any atom is 0.309 e. The molecule has 3 rings (SSSR count). The first kappa shape index (κ1) is 23.0. The van der Waals surface area contributed by atoms with Crippen molar-refractivity contribution < 1.29 is 9.53 Å². The largest absolute Gasteiger partial charge is 0.466 e. The Morgan fingerprint density at radius 3 is 2.43 bits per heavy atom. The fraction of sp³-hybridized carbons (Fsp3) is 0.636. The number of rotatable bonds is 6. The van der Waals surface area contributed by atoms with Crippen molar-refractivity contribution in [1.29, 1.82) is 0 Å². The molecule has 1 aliphatic carbocycles. The van der Waals surface area contributed by atoms with Crippen LogP contribution in [0.25, 0.3) is 0 Å².